The van der Waals surface area contributed by atoms with E-state index >= 15 is 0 Å². The van der Waals surface area contributed by atoms with Crippen LogP contribution >= 0.6 is 27.5 Å². The van der Waals surface area contributed by atoms with Crippen LogP contribution in [-0.4, -0.2) is 30.6 Å². The fraction of sp³-hybridized carbons (Fsp3) is 0.500. The van der Waals surface area contributed by atoms with E-state index in [0.29, 0.717) is 20.8 Å². The van der Waals surface area contributed by atoms with Gasteiger partial charge in [0, 0.05) is 5.02 Å². The minimum atomic E-state index is -0.553. The fourth-order valence-electron chi connectivity index (χ4n) is 1.72. The fourth-order valence-corrected chi connectivity index (χ4v) is 2.58. The van der Waals surface area contributed by atoms with Crippen LogP contribution in [0.25, 0.3) is 0 Å². The van der Waals surface area contributed by atoms with Crippen molar-refractivity contribution in [2.45, 2.75) is 40.2 Å². The number of carbonyl (C=O) groups excluding carboxylic acids is 2. The average Bonchev–Trinajstić information content (AvgIpc) is 2.40. The van der Waals surface area contributed by atoms with Crippen LogP contribution in [0.2, 0.25) is 5.02 Å². The number of alkyl carbamates (subject to hydrolysis) is 1. The first-order valence-electron chi connectivity index (χ1n) is 7.12. The molecule has 0 fully saturated rings. The Labute approximate surface area is 149 Å². The molecule has 1 rings (SSSR count). The first-order valence-corrected chi connectivity index (χ1v) is 8.29. The summed E-state index contributed by atoms with van der Waals surface area (Å²) in [6.07, 6.45) is -0.515. The Morgan fingerprint density at radius 1 is 1.35 bits per heavy atom. The largest absolute Gasteiger partial charge is 0.490 e. The molecule has 128 valence electrons. The first-order chi connectivity index (χ1) is 10.5. The molecule has 5 nitrogen and oxygen atoms in total. The van der Waals surface area contributed by atoms with Crippen molar-refractivity contribution in [1.29, 1.82) is 0 Å². The Morgan fingerprint density at radius 2 is 1.96 bits per heavy atom. The van der Waals surface area contributed by atoms with E-state index < -0.39 is 11.7 Å². The van der Waals surface area contributed by atoms with Crippen LogP contribution in [0.5, 0.6) is 5.75 Å². The van der Waals surface area contributed by atoms with Gasteiger partial charge in [-0.3, -0.25) is 4.79 Å². The van der Waals surface area contributed by atoms with Crippen LogP contribution in [0.4, 0.5) is 4.79 Å². The lowest BCUT2D eigenvalue weighted by atomic mass is 10.1. The molecule has 0 aliphatic heterocycles. The van der Waals surface area contributed by atoms with E-state index in [4.69, 9.17) is 21.1 Å². The Bertz CT molecular complexity index is 611. The molecule has 0 bridgehead atoms. The molecule has 0 aliphatic carbocycles. The molecule has 7 heteroatoms. The Kier molecular flexibility index (Phi) is 6.89. The summed E-state index contributed by atoms with van der Waals surface area (Å²) in [5.74, 6) is 0.271. The molecule has 1 amide bonds. The first kappa shape index (κ1) is 19.8. The molecule has 0 atom stereocenters. The SMILES string of the molecule is CC(=O)c1cc(Cl)c(C)c(Br)c1OCCNC(=O)OC(C)(C)C. The summed E-state index contributed by atoms with van der Waals surface area (Å²) in [5.41, 5.74) is 0.625. The summed E-state index contributed by atoms with van der Waals surface area (Å²) >= 11 is 9.49. The van der Waals surface area contributed by atoms with Gasteiger partial charge in [0.25, 0.3) is 0 Å². The van der Waals surface area contributed by atoms with Gasteiger partial charge in [0.05, 0.1) is 16.6 Å². The summed E-state index contributed by atoms with van der Waals surface area (Å²) in [4.78, 5) is 23.3. The zero-order valence-electron chi connectivity index (χ0n) is 13.9. The highest BCUT2D eigenvalue weighted by Crippen LogP contribution is 2.37. The van der Waals surface area contributed by atoms with Crippen molar-refractivity contribution >= 4 is 39.4 Å². The maximum atomic E-state index is 11.7. The summed E-state index contributed by atoms with van der Waals surface area (Å²) in [6.45, 7) is 9.07. The number of ether oxygens (including phenoxy) is 2. The Morgan fingerprint density at radius 3 is 2.48 bits per heavy atom. The molecule has 23 heavy (non-hydrogen) atoms. The molecule has 0 heterocycles. The zero-order valence-corrected chi connectivity index (χ0v) is 16.2. The Hall–Kier alpha value is -1.27. The minimum Gasteiger partial charge on any atom is -0.490 e. The van der Waals surface area contributed by atoms with Crippen LogP contribution in [-0.2, 0) is 4.74 Å². The van der Waals surface area contributed by atoms with Gasteiger partial charge in [-0.15, -0.1) is 0 Å². The number of hydrogen-bond donors (Lipinski definition) is 1. The van der Waals surface area contributed by atoms with Gasteiger partial charge < -0.3 is 14.8 Å². The second kappa shape index (κ2) is 8.02. The number of ketones is 1. The molecule has 1 aromatic rings. The number of halogens is 2. The second-order valence-electron chi connectivity index (χ2n) is 6.01. The van der Waals surface area contributed by atoms with Crippen LogP contribution in [0.3, 0.4) is 0 Å². The number of benzene rings is 1. The summed E-state index contributed by atoms with van der Waals surface area (Å²) < 4.78 is 11.4. The predicted molar refractivity (Wildman–Crippen MR) is 93.6 cm³/mol. The van der Waals surface area contributed by atoms with Gasteiger partial charge in [-0.05, 0) is 62.2 Å². The standard InChI is InChI=1S/C16H21BrClNO4/c1-9-12(18)8-11(10(2)20)14(13(9)17)22-7-6-19-15(21)23-16(3,4)5/h8H,6-7H2,1-5H3,(H,19,21). The van der Waals surface area contributed by atoms with E-state index in [1.807, 2.05) is 6.92 Å². The summed E-state index contributed by atoms with van der Waals surface area (Å²) in [5, 5.41) is 3.08. The molecular weight excluding hydrogens is 386 g/mol. The van der Waals surface area contributed by atoms with E-state index in [-0.39, 0.29) is 18.9 Å². The van der Waals surface area contributed by atoms with Gasteiger partial charge in [-0.1, -0.05) is 11.6 Å². The number of rotatable bonds is 5. The van der Waals surface area contributed by atoms with Crippen LogP contribution < -0.4 is 10.1 Å². The third-order valence-electron chi connectivity index (χ3n) is 2.80. The number of nitrogens with one attached hydrogen (secondary N) is 1. The van der Waals surface area contributed by atoms with Crippen LogP contribution in [0, 0.1) is 6.92 Å². The molecule has 0 saturated carbocycles. The monoisotopic (exact) mass is 405 g/mol. The molecule has 0 radical (unpaired) electrons. The highest BCUT2D eigenvalue weighted by Gasteiger charge is 2.18. The molecule has 0 unspecified atom stereocenters. The van der Waals surface area contributed by atoms with E-state index in [1.165, 1.54) is 6.92 Å². The maximum Gasteiger partial charge on any atom is 0.407 e. The van der Waals surface area contributed by atoms with Crippen molar-refractivity contribution in [3.05, 3.63) is 26.7 Å². The van der Waals surface area contributed by atoms with Crippen molar-refractivity contribution in [3.8, 4) is 5.75 Å². The average molecular weight is 407 g/mol. The van der Waals surface area contributed by atoms with Crippen LogP contribution in [0.15, 0.2) is 10.5 Å². The lowest BCUT2D eigenvalue weighted by Gasteiger charge is -2.20. The van der Waals surface area contributed by atoms with E-state index in [0.717, 1.165) is 5.56 Å². The summed E-state index contributed by atoms with van der Waals surface area (Å²) in [7, 11) is 0. The molecular formula is C16H21BrClNO4. The van der Waals surface area contributed by atoms with Gasteiger partial charge in [0.1, 0.15) is 18.0 Å². The third-order valence-corrected chi connectivity index (χ3v) is 4.15. The van der Waals surface area contributed by atoms with Gasteiger partial charge in [0.15, 0.2) is 5.78 Å². The van der Waals surface area contributed by atoms with Crippen molar-refractivity contribution in [2.75, 3.05) is 13.2 Å². The molecule has 0 spiro atoms. The second-order valence-corrected chi connectivity index (χ2v) is 7.21. The minimum absolute atomic E-state index is 0.150. The van der Waals surface area contributed by atoms with Crippen LogP contribution in [0.1, 0.15) is 43.6 Å². The molecule has 0 saturated heterocycles. The van der Waals surface area contributed by atoms with E-state index in [1.54, 1.807) is 26.8 Å². The number of carbonyl (C=O) groups is 2. The number of amides is 1. The topological polar surface area (TPSA) is 64.6 Å². The molecule has 1 aromatic carbocycles. The molecule has 0 aromatic heterocycles. The highest BCUT2D eigenvalue weighted by atomic mass is 79.9. The normalized spacial score (nSPS) is 11.1. The van der Waals surface area contributed by atoms with Gasteiger partial charge in [-0.25, -0.2) is 4.79 Å². The molecule has 1 N–H and O–H groups in total. The lowest BCUT2D eigenvalue weighted by Crippen LogP contribution is -2.34. The maximum absolute atomic E-state index is 11.7. The zero-order chi connectivity index (χ0) is 17.8. The lowest BCUT2D eigenvalue weighted by molar-refractivity contribution is 0.0519. The predicted octanol–water partition coefficient (Wildman–Crippen LogP) is 4.52. The highest BCUT2D eigenvalue weighted by molar-refractivity contribution is 9.10. The van der Waals surface area contributed by atoms with Gasteiger partial charge in [0.2, 0.25) is 0 Å². The van der Waals surface area contributed by atoms with E-state index in [2.05, 4.69) is 21.2 Å². The van der Waals surface area contributed by atoms with Crippen molar-refractivity contribution in [2.24, 2.45) is 0 Å². The van der Waals surface area contributed by atoms with Crippen molar-refractivity contribution in [1.82, 2.24) is 5.32 Å². The van der Waals surface area contributed by atoms with Crippen molar-refractivity contribution < 1.29 is 19.1 Å². The van der Waals surface area contributed by atoms with Gasteiger partial charge in [-0.2, -0.15) is 0 Å². The smallest absolute Gasteiger partial charge is 0.407 e. The number of Topliss-reactive ketones (excluding diaryl/α,β-unsaturated/α-hetero) is 1. The number of hydrogen-bond acceptors (Lipinski definition) is 4. The summed E-state index contributed by atoms with van der Waals surface area (Å²) in [6, 6.07) is 1.58. The molecule has 0 aliphatic rings. The van der Waals surface area contributed by atoms with E-state index in [9.17, 15) is 9.59 Å². The van der Waals surface area contributed by atoms with Crippen molar-refractivity contribution in [3.63, 3.8) is 0 Å². The third kappa shape index (κ3) is 6.03. The quantitative estimate of drug-likeness (QED) is 0.577. The van der Waals surface area contributed by atoms with Gasteiger partial charge >= 0.3 is 6.09 Å². The Balaban J connectivity index is 2.70.